The standard InChI is InChI=1S/C7H9NO3/c1-9-7-3-5(11-8-7)2-6-4-10-6/h3,6H,2,4H2,1H3. The van der Waals surface area contributed by atoms with Gasteiger partial charge in [0.2, 0.25) is 0 Å². The SMILES string of the molecule is COc1cc(CC2CO2)on1. The maximum absolute atomic E-state index is 5.03. The molecule has 1 saturated heterocycles. The second-order valence-electron chi connectivity index (χ2n) is 2.50. The van der Waals surface area contributed by atoms with Crippen LogP contribution in [0.5, 0.6) is 5.88 Å². The molecule has 1 atom stereocenters. The molecule has 1 aliphatic rings. The smallest absolute Gasteiger partial charge is 0.254 e. The summed E-state index contributed by atoms with van der Waals surface area (Å²) < 4.78 is 14.8. The Labute approximate surface area is 64.1 Å². The highest BCUT2D eigenvalue weighted by atomic mass is 16.6. The Morgan fingerprint density at radius 3 is 3.18 bits per heavy atom. The van der Waals surface area contributed by atoms with E-state index < -0.39 is 0 Å². The fourth-order valence-corrected chi connectivity index (χ4v) is 0.897. The van der Waals surface area contributed by atoms with E-state index >= 15 is 0 Å². The monoisotopic (exact) mass is 155 g/mol. The van der Waals surface area contributed by atoms with E-state index in [1.54, 1.807) is 13.2 Å². The molecule has 2 heterocycles. The van der Waals surface area contributed by atoms with Crippen LogP contribution in [0.25, 0.3) is 0 Å². The first-order valence-corrected chi connectivity index (χ1v) is 3.49. The van der Waals surface area contributed by atoms with E-state index in [2.05, 4.69) is 5.16 Å². The van der Waals surface area contributed by atoms with Gasteiger partial charge in [-0.3, -0.25) is 0 Å². The number of aromatic nitrogens is 1. The molecular formula is C7H9NO3. The molecule has 2 rings (SSSR count). The van der Waals surface area contributed by atoms with E-state index in [4.69, 9.17) is 14.0 Å². The Hall–Kier alpha value is -1.03. The van der Waals surface area contributed by atoms with E-state index in [9.17, 15) is 0 Å². The van der Waals surface area contributed by atoms with Gasteiger partial charge >= 0.3 is 0 Å². The second kappa shape index (κ2) is 2.54. The molecule has 0 radical (unpaired) electrons. The van der Waals surface area contributed by atoms with Crippen LogP contribution in [0.3, 0.4) is 0 Å². The van der Waals surface area contributed by atoms with E-state index in [0.29, 0.717) is 12.0 Å². The number of hydrogen-bond donors (Lipinski definition) is 0. The van der Waals surface area contributed by atoms with Gasteiger partial charge in [-0.25, -0.2) is 0 Å². The molecule has 0 bridgehead atoms. The largest absolute Gasteiger partial charge is 0.479 e. The zero-order valence-electron chi connectivity index (χ0n) is 6.24. The molecule has 0 aliphatic carbocycles. The van der Waals surface area contributed by atoms with Crippen molar-refractivity contribution in [3.8, 4) is 5.88 Å². The lowest BCUT2D eigenvalue weighted by molar-refractivity contribution is 0.317. The third-order valence-corrected chi connectivity index (χ3v) is 1.58. The molecule has 1 aromatic rings. The molecule has 0 N–H and O–H groups in total. The summed E-state index contributed by atoms with van der Waals surface area (Å²) >= 11 is 0. The van der Waals surface area contributed by atoms with Gasteiger partial charge in [-0.2, -0.15) is 0 Å². The van der Waals surface area contributed by atoms with Crippen molar-refractivity contribution in [3.63, 3.8) is 0 Å². The van der Waals surface area contributed by atoms with E-state index in [0.717, 1.165) is 18.8 Å². The van der Waals surface area contributed by atoms with Crippen LogP contribution in [0.15, 0.2) is 10.6 Å². The number of hydrogen-bond acceptors (Lipinski definition) is 4. The van der Waals surface area contributed by atoms with Crippen LogP contribution >= 0.6 is 0 Å². The highest BCUT2D eigenvalue weighted by Crippen LogP contribution is 2.18. The Morgan fingerprint density at radius 2 is 2.64 bits per heavy atom. The lowest BCUT2D eigenvalue weighted by Crippen LogP contribution is -1.89. The summed E-state index contributed by atoms with van der Waals surface area (Å²) in [5, 5.41) is 3.66. The molecule has 4 heteroatoms. The van der Waals surface area contributed by atoms with Crippen LogP contribution in [-0.2, 0) is 11.2 Å². The van der Waals surface area contributed by atoms with Crippen LogP contribution in [-0.4, -0.2) is 25.0 Å². The third-order valence-electron chi connectivity index (χ3n) is 1.58. The van der Waals surface area contributed by atoms with Crippen LogP contribution in [0.2, 0.25) is 0 Å². The Balaban J connectivity index is 1.99. The number of rotatable bonds is 3. The normalized spacial score (nSPS) is 21.7. The molecule has 1 aliphatic heterocycles. The first-order valence-electron chi connectivity index (χ1n) is 3.49. The van der Waals surface area contributed by atoms with Gasteiger partial charge in [0.25, 0.3) is 5.88 Å². The van der Waals surface area contributed by atoms with Crippen molar-refractivity contribution in [1.82, 2.24) is 5.16 Å². The number of ether oxygens (including phenoxy) is 2. The average molecular weight is 155 g/mol. The molecule has 0 amide bonds. The van der Waals surface area contributed by atoms with E-state index in [1.807, 2.05) is 0 Å². The minimum atomic E-state index is 0.340. The van der Waals surface area contributed by atoms with Gasteiger partial charge in [-0.05, 0) is 5.16 Å². The summed E-state index contributed by atoms with van der Waals surface area (Å²) in [6, 6.07) is 1.78. The van der Waals surface area contributed by atoms with Gasteiger partial charge in [0.15, 0.2) is 0 Å². The fourth-order valence-electron chi connectivity index (χ4n) is 0.897. The topological polar surface area (TPSA) is 47.8 Å². The summed E-state index contributed by atoms with van der Waals surface area (Å²) in [5.41, 5.74) is 0. The summed E-state index contributed by atoms with van der Waals surface area (Å²) in [6.07, 6.45) is 1.14. The molecule has 60 valence electrons. The van der Waals surface area contributed by atoms with E-state index in [1.165, 1.54) is 0 Å². The van der Waals surface area contributed by atoms with E-state index in [-0.39, 0.29) is 0 Å². The maximum Gasteiger partial charge on any atom is 0.254 e. The van der Waals surface area contributed by atoms with Crippen molar-refractivity contribution in [2.45, 2.75) is 12.5 Å². The summed E-state index contributed by atoms with van der Waals surface area (Å²) in [6.45, 7) is 0.836. The molecular weight excluding hydrogens is 146 g/mol. The minimum Gasteiger partial charge on any atom is -0.479 e. The zero-order valence-corrected chi connectivity index (χ0v) is 6.24. The molecule has 4 nitrogen and oxygen atoms in total. The quantitative estimate of drug-likeness (QED) is 0.600. The lowest BCUT2D eigenvalue weighted by atomic mass is 10.3. The van der Waals surface area contributed by atoms with Crippen LogP contribution in [0.1, 0.15) is 5.76 Å². The Morgan fingerprint density at radius 1 is 1.82 bits per heavy atom. The van der Waals surface area contributed by atoms with Crippen LogP contribution < -0.4 is 4.74 Å². The third kappa shape index (κ3) is 1.51. The number of methoxy groups -OCH3 is 1. The zero-order chi connectivity index (χ0) is 7.68. The lowest BCUT2D eigenvalue weighted by Gasteiger charge is -1.85. The van der Waals surface area contributed by atoms with Crippen LogP contribution in [0, 0.1) is 0 Å². The molecule has 1 aromatic heterocycles. The van der Waals surface area contributed by atoms with Crippen molar-refractivity contribution in [3.05, 3.63) is 11.8 Å². The second-order valence-corrected chi connectivity index (χ2v) is 2.50. The predicted molar refractivity (Wildman–Crippen MR) is 36.5 cm³/mol. The highest BCUT2D eigenvalue weighted by Gasteiger charge is 2.24. The molecule has 0 aromatic carbocycles. The van der Waals surface area contributed by atoms with Gasteiger partial charge < -0.3 is 14.0 Å². The first-order chi connectivity index (χ1) is 5.38. The molecule has 1 unspecified atom stereocenters. The van der Waals surface area contributed by atoms with Crippen molar-refractivity contribution >= 4 is 0 Å². The molecule has 0 saturated carbocycles. The van der Waals surface area contributed by atoms with Crippen molar-refractivity contribution in [2.24, 2.45) is 0 Å². The molecule has 11 heavy (non-hydrogen) atoms. The van der Waals surface area contributed by atoms with Gasteiger partial charge in [0.1, 0.15) is 5.76 Å². The summed E-state index contributed by atoms with van der Waals surface area (Å²) in [5.74, 6) is 1.35. The molecule has 1 fully saturated rings. The Kier molecular flexibility index (Phi) is 1.54. The van der Waals surface area contributed by atoms with Gasteiger partial charge in [-0.15, -0.1) is 0 Å². The first kappa shape index (κ1) is 6.67. The van der Waals surface area contributed by atoms with Gasteiger partial charge in [0.05, 0.1) is 19.8 Å². The Bertz CT molecular complexity index is 242. The highest BCUT2D eigenvalue weighted by molar-refractivity contribution is 5.11. The van der Waals surface area contributed by atoms with Crippen molar-refractivity contribution in [2.75, 3.05) is 13.7 Å². The molecule has 0 spiro atoms. The van der Waals surface area contributed by atoms with Crippen molar-refractivity contribution in [1.29, 1.82) is 0 Å². The number of epoxide rings is 1. The van der Waals surface area contributed by atoms with Crippen LogP contribution in [0.4, 0.5) is 0 Å². The maximum atomic E-state index is 5.03. The summed E-state index contributed by atoms with van der Waals surface area (Å²) in [4.78, 5) is 0. The number of nitrogens with zero attached hydrogens (tertiary/aromatic N) is 1. The average Bonchev–Trinajstić information content (AvgIpc) is 2.68. The van der Waals surface area contributed by atoms with Gasteiger partial charge in [-0.1, -0.05) is 0 Å². The fraction of sp³-hybridized carbons (Fsp3) is 0.571. The predicted octanol–water partition coefficient (Wildman–Crippen LogP) is 0.624. The summed E-state index contributed by atoms with van der Waals surface area (Å²) in [7, 11) is 1.56. The van der Waals surface area contributed by atoms with Crippen molar-refractivity contribution < 1.29 is 14.0 Å². The minimum absolute atomic E-state index is 0.340. The van der Waals surface area contributed by atoms with Gasteiger partial charge in [0, 0.05) is 12.5 Å².